The van der Waals surface area contributed by atoms with Gasteiger partial charge in [0, 0.05) is 6.54 Å². The molecule has 7 nitrogen and oxygen atoms in total. The Morgan fingerprint density at radius 3 is 2.42 bits per heavy atom. The Kier molecular flexibility index (Phi) is 9.50. The van der Waals surface area contributed by atoms with Crippen molar-refractivity contribution < 1.29 is 19.1 Å². The molecule has 1 aliphatic rings. The molecule has 3 atom stereocenters. The molecular weight excluding hydrogens is 418 g/mol. The molecule has 0 bridgehead atoms. The summed E-state index contributed by atoms with van der Waals surface area (Å²) in [7, 11) is 0. The van der Waals surface area contributed by atoms with Crippen LogP contribution in [0.25, 0.3) is 0 Å². The van der Waals surface area contributed by atoms with Gasteiger partial charge in [-0.05, 0) is 57.9 Å². The number of rotatable bonds is 9. The summed E-state index contributed by atoms with van der Waals surface area (Å²) in [6.45, 7) is 10.1. The summed E-state index contributed by atoms with van der Waals surface area (Å²) in [5, 5.41) is 2.91. The molecule has 0 aromatic heterocycles. The highest BCUT2D eigenvalue weighted by molar-refractivity contribution is 5.89. The number of nitrogens with one attached hydrogen (secondary N) is 1. The highest BCUT2D eigenvalue weighted by Gasteiger charge is 2.35. The van der Waals surface area contributed by atoms with Crippen molar-refractivity contribution in [2.75, 3.05) is 6.54 Å². The van der Waals surface area contributed by atoms with Gasteiger partial charge in [0.1, 0.15) is 11.6 Å². The average Bonchev–Trinajstić information content (AvgIpc) is 3.19. The molecule has 3 N–H and O–H groups in total. The lowest BCUT2D eigenvalue weighted by Crippen LogP contribution is -2.46. The number of primary amides is 1. The van der Waals surface area contributed by atoms with E-state index >= 15 is 0 Å². The van der Waals surface area contributed by atoms with Gasteiger partial charge in [-0.3, -0.25) is 9.59 Å². The molecule has 0 aliphatic carbocycles. The number of nitrogens with two attached hydrogens (primary N) is 1. The molecule has 2 rings (SSSR count). The lowest BCUT2D eigenvalue weighted by Gasteiger charge is -2.27. The minimum atomic E-state index is -0.596. The van der Waals surface area contributed by atoms with Gasteiger partial charge in [-0.15, -0.1) is 0 Å². The van der Waals surface area contributed by atoms with Gasteiger partial charge >= 0.3 is 6.09 Å². The van der Waals surface area contributed by atoms with Gasteiger partial charge in [0.2, 0.25) is 11.8 Å². The number of carbonyl (C=O) groups excluding carboxylic acids is 3. The molecule has 7 heteroatoms. The standard InChI is InChI=1S/C26H39N3O4/c1-18(2)16-21(28-25(32)33-26(3,4)5)14-13-20(17-19-10-7-6-8-11-19)24(31)29-15-9-12-22(29)23(27)30/h6-8,10-11,13-14,18,20-22H,9,12,15-17H2,1-5H3,(H2,27,30)(H,28,32)/b14-13+/t20-,21-,22+/m1/s1. The van der Waals surface area contributed by atoms with E-state index in [1.54, 1.807) is 4.90 Å². The Hall–Kier alpha value is -2.83. The van der Waals surface area contributed by atoms with Crippen LogP contribution in [0.15, 0.2) is 42.5 Å². The van der Waals surface area contributed by atoms with Crippen molar-refractivity contribution in [3.63, 3.8) is 0 Å². The van der Waals surface area contributed by atoms with Crippen LogP contribution in [0.2, 0.25) is 0 Å². The molecule has 0 saturated carbocycles. The predicted molar refractivity (Wildman–Crippen MR) is 129 cm³/mol. The largest absolute Gasteiger partial charge is 0.444 e. The van der Waals surface area contributed by atoms with E-state index in [1.165, 1.54) is 0 Å². The Morgan fingerprint density at radius 2 is 1.85 bits per heavy atom. The van der Waals surface area contributed by atoms with Gasteiger partial charge in [0.05, 0.1) is 12.0 Å². The maximum atomic E-state index is 13.5. The summed E-state index contributed by atoms with van der Waals surface area (Å²) in [4.78, 5) is 39.3. The van der Waals surface area contributed by atoms with E-state index in [-0.39, 0.29) is 11.9 Å². The summed E-state index contributed by atoms with van der Waals surface area (Å²) >= 11 is 0. The van der Waals surface area contributed by atoms with E-state index in [1.807, 2.05) is 63.3 Å². The molecule has 1 heterocycles. The van der Waals surface area contributed by atoms with Crippen LogP contribution in [-0.2, 0) is 20.7 Å². The third-order valence-corrected chi connectivity index (χ3v) is 5.48. The van der Waals surface area contributed by atoms with Crippen molar-refractivity contribution in [2.24, 2.45) is 17.6 Å². The summed E-state index contributed by atoms with van der Waals surface area (Å²) < 4.78 is 5.41. The van der Waals surface area contributed by atoms with Crippen LogP contribution in [0.3, 0.4) is 0 Å². The molecule has 1 aromatic rings. The molecule has 0 radical (unpaired) electrons. The molecular formula is C26H39N3O4. The first-order valence-electron chi connectivity index (χ1n) is 11.8. The first kappa shape index (κ1) is 26.4. The third kappa shape index (κ3) is 8.91. The summed E-state index contributed by atoms with van der Waals surface area (Å²) in [6.07, 6.45) is 5.81. The van der Waals surface area contributed by atoms with E-state index in [0.717, 1.165) is 12.0 Å². The number of alkyl carbamates (subject to hydrolysis) is 1. The quantitative estimate of drug-likeness (QED) is 0.550. The summed E-state index contributed by atoms with van der Waals surface area (Å²) in [6, 6.07) is 8.93. The van der Waals surface area contributed by atoms with E-state index in [0.29, 0.717) is 31.7 Å². The second kappa shape index (κ2) is 11.9. The lowest BCUT2D eigenvalue weighted by atomic mass is 9.95. The van der Waals surface area contributed by atoms with E-state index in [4.69, 9.17) is 10.5 Å². The zero-order valence-electron chi connectivity index (χ0n) is 20.5. The minimum absolute atomic E-state index is 0.114. The lowest BCUT2D eigenvalue weighted by molar-refractivity contribution is -0.139. The van der Waals surface area contributed by atoms with Gasteiger partial charge in [-0.25, -0.2) is 4.79 Å². The highest BCUT2D eigenvalue weighted by Crippen LogP contribution is 2.23. The molecule has 1 saturated heterocycles. The SMILES string of the molecule is CC(C)C[C@@H](/C=C/[C@H](Cc1ccccc1)C(=O)N1CCC[C@H]1C(N)=O)NC(=O)OC(C)(C)C. The number of amides is 3. The number of benzene rings is 1. The zero-order valence-corrected chi connectivity index (χ0v) is 20.5. The van der Waals surface area contributed by atoms with Crippen LogP contribution in [0.1, 0.15) is 59.4 Å². The third-order valence-electron chi connectivity index (χ3n) is 5.48. The molecule has 3 amide bonds. The van der Waals surface area contributed by atoms with Crippen molar-refractivity contribution in [1.82, 2.24) is 10.2 Å². The van der Waals surface area contributed by atoms with Crippen molar-refractivity contribution in [2.45, 2.75) is 78.0 Å². The number of hydrogen-bond acceptors (Lipinski definition) is 4. The number of likely N-dealkylation sites (tertiary alicyclic amines) is 1. The van der Waals surface area contributed by atoms with Crippen LogP contribution in [-0.4, -0.2) is 47.0 Å². The Morgan fingerprint density at radius 1 is 1.18 bits per heavy atom. The fourth-order valence-electron chi connectivity index (χ4n) is 4.07. The second-order valence-electron chi connectivity index (χ2n) is 10.2. The molecule has 1 fully saturated rings. The van der Waals surface area contributed by atoms with Crippen molar-refractivity contribution in [3.05, 3.63) is 48.0 Å². The van der Waals surface area contributed by atoms with E-state index in [9.17, 15) is 14.4 Å². The Balaban J connectivity index is 2.25. The van der Waals surface area contributed by atoms with Gasteiger partial charge in [-0.1, -0.05) is 56.3 Å². The Labute approximate surface area is 197 Å². The molecule has 0 unspecified atom stereocenters. The van der Waals surface area contributed by atoms with Crippen LogP contribution < -0.4 is 11.1 Å². The van der Waals surface area contributed by atoms with Gasteiger partial charge in [0.25, 0.3) is 0 Å². The maximum Gasteiger partial charge on any atom is 0.408 e. The van der Waals surface area contributed by atoms with Gasteiger partial charge < -0.3 is 20.7 Å². The van der Waals surface area contributed by atoms with E-state index < -0.39 is 29.6 Å². The van der Waals surface area contributed by atoms with Gasteiger partial charge in [0.15, 0.2) is 0 Å². The summed E-state index contributed by atoms with van der Waals surface area (Å²) in [5.41, 5.74) is 5.98. The predicted octanol–water partition coefficient (Wildman–Crippen LogP) is 3.82. The first-order chi connectivity index (χ1) is 15.5. The molecule has 182 valence electrons. The number of nitrogens with zero attached hydrogens (tertiary/aromatic N) is 1. The smallest absolute Gasteiger partial charge is 0.408 e. The van der Waals surface area contributed by atoms with E-state index in [2.05, 4.69) is 19.2 Å². The van der Waals surface area contributed by atoms with Crippen LogP contribution in [0.4, 0.5) is 4.79 Å². The molecule has 0 spiro atoms. The highest BCUT2D eigenvalue weighted by atomic mass is 16.6. The number of ether oxygens (including phenoxy) is 1. The van der Waals surface area contributed by atoms with Crippen LogP contribution >= 0.6 is 0 Å². The molecule has 1 aliphatic heterocycles. The normalized spacial score (nSPS) is 18.4. The first-order valence-corrected chi connectivity index (χ1v) is 11.8. The average molecular weight is 458 g/mol. The van der Waals surface area contributed by atoms with Crippen molar-refractivity contribution >= 4 is 17.9 Å². The topological polar surface area (TPSA) is 102 Å². The number of carbonyl (C=O) groups is 3. The second-order valence-corrected chi connectivity index (χ2v) is 10.2. The fourth-order valence-corrected chi connectivity index (χ4v) is 4.07. The van der Waals surface area contributed by atoms with Crippen LogP contribution in [0, 0.1) is 11.8 Å². The number of hydrogen-bond donors (Lipinski definition) is 2. The summed E-state index contributed by atoms with van der Waals surface area (Å²) in [5.74, 6) is -0.720. The minimum Gasteiger partial charge on any atom is -0.444 e. The van der Waals surface area contributed by atoms with Crippen molar-refractivity contribution in [1.29, 1.82) is 0 Å². The van der Waals surface area contributed by atoms with Gasteiger partial charge in [-0.2, -0.15) is 0 Å². The molecule has 33 heavy (non-hydrogen) atoms. The molecule has 1 aromatic carbocycles. The Bertz CT molecular complexity index is 830. The maximum absolute atomic E-state index is 13.5. The van der Waals surface area contributed by atoms with Crippen molar-refractivity contribution in [3.8, 4) is 0 Å². The zero-order chi connectivity index (χ0) is 24.6. The monoisotopic (exact) mass is 457 g/mol. The van der Waals surface area contributed by atoms with Crippen LogP contribution in [0.5, 0.6) is 0 Å². The fraction of sp³-hybridized carbons (Fsp3) is 0.577.